The van der Waals surface area contributed by atoms with Gasteiger partial charge in [-0.3, -0.25) is 0 Å². The molecular formula is C25H38O3. The monoisotopic (exact) mass is 386 g/mol. The Balaban J connectivity index is 1.51. The van der Waals surface area contributed by atoms with Crippen LogP contribution < -0.4 is 0 Å². The van der Waals surface area contributed by atoms with E-state index in [4.69, 9.17) is 4.74 Å². The number of ketones is 1. The lowest BCUT2D eigenvalue weighted by Gasteiger charge is -2.60. The lowest BCUT2D eigenvalue weighted by molar-refractivity contribution is -0.135. The number of ether oxygens (including phenoxy) is 1. The second-order valence-corrected chi connectivity index (χ2v) is 11.3. The summed E-state index contributed by atoms with van der Waals surface area (Å²) >= 11 is 0. The number of hydrogen-bond donors (Lipinski definition) is 0. The molecule has 28 heavy (non-hydrogen) atoms. The summed E-state index contributed by atoms with van der Waals surface area (Å²) in [5, 5.41) is 0. The summed E-state index contributed by atoms with van der Waals surface area (Å²) in [5.41, 5.74) is 2.26. The van der Waals surface area contributed by atoms with E-state index in [0.29, 0.717) is 29.3 Å². The normalized spacial score (nSPS) is 39.6. The standard InChI is InChI=1S/C25H38O3/c1-17(26)15-18-16-28-22(27)19(18)7-5-8-21-24(4)11-6-10-23(2,3)20(24)9-12-25(21)13-14-25/h7,18,20-21H,5-6,8-16H2,1-4H3/b19-7-/t18-,20+,21-,24+/m1/s1. The molecule has 0 aromatic rings. The molecule has 0 amide bonds. The van der Waals surface area contributed by atoms with Crippen molar-refractivity contribution in [1.82, 2.24) is 0 Å². The summed E-state index contributed by atoms with van der Waals surface area (Å²) in [7, 11) is 0. The Kier molecular flexibility index (Phi) is 5.03. The average molecular weight is 387 g/mol. The van der Waals surface area contributed by atoms with E-state index in [1.807, 2.05) is 0 Å². The third kappa shape index (κ3) is 3.37. The molecule has 0 aromatic carbocycles. The summed E-state index contributed by atoms with van der Waals surface area (Å²) in [6.45, 7) is 9.58. The van der Waals surface area contributed by atoms with Gasteiger partial charge in [0.15, 0.2) is 0 Å². The smallest absolute Gasteiger partial charge is 0.334 e. The van der Waals surface area contributed by atoms with Crippen molar-refractivity contribution in [2.75, 3.05) is 6.61 Å². The van der Waals surface area contributed by atoms with Gasteiger partial charge in [-0.1, -0.05) is 33.3 Å². The zero-order valence-electron chi connectivity index (χ0n) is 18.3. The molecule has 4 aliphatic rings. The number of carbonyl (C=O) groups excluding carboxylic acids is 2. The minimum atomic E-state index is -0.195. The predicted octanol–water partition coefficient (Wildman–Crippen LogP) is 5.87. The molecule has 3 aliphatic carbocycles. The molecule has 0 unspecified atom stereocenters. The summed E-state index contributed by atoms with van der Waals surface area (Å²) in [5.74, 6) is 1.53. The molecule has 0 N–H and O–H groups in total. The van der Waals surface area contributed by atoms with Crippen molar-refractivity contribution in [2.45, 2.75) is 91.9 Å². The van der Waals surface area contributed by atoms with E-state index in [1.54, 1.807) is 6.92 Å². The van der Waals surface area contributed by atoms with Gasteiger partial charge in [0, 0.05) is 17.9 Å². The number of allylic oxidation sites excluding steroid dienone is 1. The molecule has 1 saturated heterocycles. The van der Waals surface area contributed by atoms with Crippen LogP contribution in [-0.4, -0.2) is 18.4 Å². The van der Waals surface area contributed by atoms with E-state index in [2.05, 4.69) is 26.8 Å². The van der Waals surface area contributed by atoms with Crippen molar-refractivity contribution in [3.63, 3.8) is 0 Å². The topological polar surface area (TPSA) is 43.4 Å². The maximum absolute atomic E-state index is 12.2. The van der Waals surface area contributed by atoms with E-state index >= 15 is 0 Å². The number of fused-ring (bicyclic) bond motifs is 1. The Bertz CT molecular complexity index is 684. The minimum absolute atomic E-state index is 0.0248. The molecule has 156 valence electrons. The molecule has 0 radical (unpaired) electrons. The van der Waals surface area contributed by atoms with Crippen LogP contribution in [-0.2, 0) is 14.3 Å². The molecule has 1 heterocycles. The van der Waals surface area contributed by atoms with Crippen LogP contribution in [0.4, 0.5) is 0 Å². The van der Waals surface area contributed by atoms with E-state index in [0.717, 1.165) is 23.8 Å². The summed E-state index contributed by atoms with van der Waals surface area (Å²) < 4.78 is 5.25. The highest BCUT2D eigenvalue weighted by atomic mass is 16.5. The first-order valence-corrected chi connectivity index (χ1v) is 11.5. The third-order valence-electron chi connectivity index (χ3n) is 9.08. The van der Waals surface area contributed by atoms with Gasteiger partial charge in [0.25, 0.3) is 0 Å². The van der Waals surface area contributed by atoms with Gasteiger partial charge in [0.1, 0.15) is 5.78 Å². The zero-order chi connectivity index (χ0) is 20.2. The first-order valence-electron chi connectivity index (χ1n) is 11.5. The highest BCUT2D eigenvalue weighted by Crippen LogP contribution is 2.72. The van der Waals surface area contributed by atoms with Crippen molar-refractivity contribution >= 4 is 11.8 Å². The maximum Gasteiger partial charge on any atom is 0.334 e. The Morgan fingerprint density at radius 2 is 1.89 bits per heavy atom. The molecule has 0 bridgehead atoms. The number of hydrogen-bond acceptors (Lipinski definition) is 3. The summed E-state index contributed by atoms with van der Waals surface area (Å²) in [4.78, 5) is 23.7. The third-order valence-corrected chi connectivity index (χ3v) is 9.08. The quantitative estimate of drug-likeness (QED) is 0.438. The van der Waals surface area contributed by atoms with Gasteiger partial charge >= 0.3 is 5.97 Å². The molecule has 4 rings (SSSR count). The Hall–Kier alpha value is -1.12. The Labute approximate surface area is 170 Å². The lowest BCUT2D eigenvalue weighted by atomic mass is 9.45. The average Bonchev–Trinajstić information content (AvgIpc) is 3.28. The van der Waals surface area contributed by atoms with Crippen LogP contribution in [0.25, 0.3) is 0 Å². The van der Waals surface area contributed by atoms with Gasteiger partial charge in [0.05, 0.1) is 6.61 Å². The Morgan fingerprint density at radius 3 is 2.57 bits per heavy atom. The molecule has 0 aromatic heterocycles. The van der Waals surface area contributed by atoms with E-state index in [9.17, 15) is 9.59 Å². The highest BCUT2D eigenvalue weighted by Gasteiger charge is 2.62. The predicted molar refractivity (Wildman–Crippen MR) is 111 cm³/mol. The fourth-order valence-corrected chi connectivity index (χ4v) is 7.69. The molecule has 3 nitrogen and oxygen atoms in total. The minimum Gasteiger partial charge on any atom is -0.462 e. The Morgan fingerprint density at radius 1 is 1.14 bits per heavy atom. The van der Waals surface area contributed by atoms with Crippen LogP contribution in [0, 0.1) is 34.0 Å². The first kappa shape index (κ1) is 20.2. The highest BCUT2D eigenvalue weighted by molar-refractivity contribution is 5.92. The van der Waals surface area contributed by atoms with Crippen LogP contribution in [0.1, 0.15) is 91.9 Å². The van der Waals surface area contributed by atoms with Gasteiger partial charge in [-0.25, -0.2) is 4.79 Å². The van der Waals surface area contributed by atoms with Crippen molar-refractivity contribution < 1.29 is 14.3 Å². The molecule has 3 heteroatoms. The number of rotatable bonds is 5. The van der Waals surface area contributed by atoms with Crippen LogP contribution in [0.5, 0.6) is 0 Å². The van der Waals surface area contributed by atoms with Crippen LogP contribution in [0.2, 0.25) is 0 Å². The fourth-order valence-electron chi connectivity index (χ4n) is 7.69. The number of esters is 1. The van der Waals surface area contributed by atoms with Crippen LogP contribution in [0.15, 0.2) is 11.6 Å². The van der Waals surface area contributed by atoms with Crippen molar-refractivity contribution in [1.29, 1.82) is 0 Å². The van der Waals surface area contributed by atoms with Crippen molar-refractivity contribution in [2.24, 2.45) is 34.0 Å². The summed E-state index contributed by atoms with van der Waals surface area (Å²) in [6.07, 6.45) is 14.4. The van der Waals surface area contributed by atoms with Crippen molar-refractivity contribution in [3.8, 4) is 0 Å². The van der Waals surface area contributed by atoms with Gasteiger partial charge in [-0.2, -0.15) is 0 Å². The summed E-state index contributed by atoms with van der Waals surface area (Å²) in [6, 6.07) is 0. The molecule has 3 saturated carbocycles. The zero-order valence-corrected chi connectivity index (χ0v) is 18.3. The lowest BCUT2D eigenvalue weighted by Crippen LogP contribution is -2.52. The second kappa shape index (κ2) is 6.99. The van der Waals surface area contributed by atoms with Gasteiger partial charge in [0.2, 0.25) is 0 Å². The second-order valence-electron chi connectivity index (χ2n) is 11.3. The number of carbonyl (C=O) groups is 2. The van der Waals surface area contributed by atoms with Gasteiger partial charge in [-0.05, 0) is 86.4 Å². The van der Waals surface area contributed by atoms with Gasteiger partial charge < -0.3 is 9.53 Å². The molecular weight excluding hydrogens is 348 g/mol. The molecule has 1 aliphatic heterocycles. The largest absolute Gasteiger partial charge is 0.462 e. The van der Waals surface area contributed by atoms with E-state index < -0.39 is 0 Å². The SMILES string of the molecule is CC(=O)C[C@@H]1COC(=O)/C1=C\CC[C@H]1C2(CC[C@H]3C(C)(C)CCC[C@@]31C)CC2. The maximum atomic E-state index is 12.2. The molecule has 4 fully saturated rings. The number of cyclic esters (lactones) is 1. The van der Waals surface area contributed by atoms with E-state index in [-0.39, 0.29) is 17.7 Å². The van der Waals surface area contributed by atoms with Crippen molar-refractivity contribution in [3.05, 3.63) is 11.6 Å². The fraction of sp³-hybridized carbons (Fsp3) is 0.840. The van der Waals surface area contributed by atoms with Crippen LogP contribution in [0.3, 0.4) is 0 Å². The molecule has 4 atom stereocenters. The van der Waals surface area contributed by atoms with E-state index in [1.165, 1.54) is 51.4 Å². The number of Topliss-reactive ketones (excluding diaryl/α,β-unsaturated/α-hetero) is 1. The van der Waals surface area contributed by atoms with Gasteiger partial charge in [-0.15, -0.1) is 0 Å². The first-order chi connectivity index (χ1) is 13.2. The van der Waals surface area contributed by atoms with Crippen LogP contribution >= 0.6 is 0 Å². The molecule has 1 spiro atoms.